The van der Waals surface area contributed by atoms with Crippen LogP contribution in [0.2, 0.25) is 0 Å². The Balaban J connectivity index is 2.14. The van der Waals surface area contributed by atoms with Crippen LogP contribution in [0.4, 0.5) is 4.39 Å². The van der Waals surface area contributed by atoms with Crippen molar-refractivity contribution >= 4 is 17.6 Å². The third kappa shape index (κ3) is 3.03. The summed E-state index contributed by atoms with van der Waals surface area (Å²) in [6.45, 7) is 4.75. The summed E-state index contributed by atoms with van der Waals surface area (Å²) in [6.07, 6.45) is 0. The maximum atomic E-state index is 14.1. The van der Waals surface area contributed by atoms with Gasteiger partial charge in [-0.05, 0) is 6.07 Å². The van der Waals surface area contributed by atoms with Crippen LogP contribution in [0.3, 0.4) is 0 Å². The Bertz CT molecular complexity index is 450. The topological polar surface area (TPSA) is 53.1 Å². The van der Waals surface area contributed by atoms with Crippen molar-refractivity contribution in [1.82, 2.24) is 4.90 Å². The molecule has 0 bridgehead atoms. The first-order valence-electron chi connectivity index (χ1n) is 6.03. The fraction of sp³-hybridized carbons (Fsp3) is 0.462. The third-order valence-corrected chi connectivity index (χ3v) is 4.22. The van der Waals surface area contributed by atoms with E-state index < -0.39 is 0 Å². The molecule has 0 amide bonds. The fourth-order valence-corrected chi connectivity index (χ4v) is 3.27. The second kappa shape index (κ2) is 5.71. The van der Waals surface area contributed by atoms with Gasteiger partial charge < -0.3 is 5.73 Å². The molecular weight excluding hydrogens is 249 g/mol. The molecule has 0 radical (unpaired) electrons. The SMILES string of the molecule is CC1CN(Cc2cccc(C(=N)N)c2F)CCS1. The second-order valence-corrected chi connectivity index (χ2v) is 6.16. The van der Waals surface area contributed by atoms with Crippen molar-refractivity contribution in [2.75, 3.05) is 18.8 Å². The number of halogens is 1. The molecule has 1 heterocycles. The number of benzene rings is 1. The molecule has 0 spiro atoms. The van der Waals surface area contributed by atoms with Gasteiger partial charge in [-0.2, -0.15) is 11.8 Å². The molecule has 1 aromatic rings. The van der Waals surface area contributed by atoms with E-state index in [9.17, 15) is 4.39 Å². The highest BCUT2D eigenvalue weighted by Gasteiger charge is 2.19. The molecule has 18 heavy (non-hydrogen) atoms. The molecule has 1 aliphatic heterocycles. The van der Waals surface area contributed by atoms with Gasteiger partial charge in [0.05, 0.1) is 5.56 Å². The number of thioether (sulfide) groups is 1. The number of nitrogens with zero attached hydrogens (tertiary/aromatic N) is 1. The van der Waals surface area contributed by atoms with E-state index in [4.69, 9.17) is 11.1 Å². The van der Waals surface area contributed by atoms with Gasteiger partial charge in [0.25, 0.3) is 0 Å². The number of nitrogen functional groups attached to an aromatic ring is 1. The first kappa shape index (κ1) is 13.4. The quantitative estimate of drug-likeness (QED) is 0.651. The fourth-order valence-electron chi connectivity index (χ4n) is 2.19. The Morgan fingerprint density at radius 1 is 1.61 bits per heavy atom. The van der Waals surface area contributed by atoms with Gasteiger partial charge in [0.1, 0.15) is 11.7 Å². The van der Waals surface area contributed by atoms with Crippen LogP contribution in [-0.2, 0) is 6.54 Å². The molecule has 3 nitrogen and oxygen atoms in total. The molecule has 3 N–H and O–H groups in total. The van der Waals surface area contributed by atoms with Crippen molar-refractivity contribution in [3.8, 4) is 0 Å². The number of nitrogens with one attached hydrogen (secondary N) is 1. The zero-order valence-corrected chi connectivity index (χ0v) is 11.3. The second-order valence-electron chi connectivity index (χ2n) is 4.61. The molecule has 1 aromatic carbocycles. The number of hydrogen-bond acceptors (Lipinski definition) is 3. The molecular formula is C13H18FN3S. The zero-order valence-electron chi connectivity index (χ0n) is 10.4. The summed E-state index contributed by atoms with van der Waals surface area (Å²) in [4.78, 5) is 2.25. The first-order chi connectivity index (χ1) is 8.58. The van der Waals surface area contributed by atoms with E-state index in [-0.39, 0.29) is 17.2 Å². The van der Waals surface area contributed by atoms with E-state index in [1.807, 2.05) is 11.8 Å². The lowest BCUT2D eigenvalue weighted by molar-refractivity contribution is 0.274. The van der Waals surface area contributed by atoms with E-state index in [1.165, 1.54) is 0 Å². The average Bonchev–Trinajstić information content (AvgIpc) is 2.31. The van der Waals surface area contributed by atoms with E-state index in [2.05, 4.69) is 11.8 Å². The molecule has 1 saturated heterocycles. The van der Waals surface area contributed by atoms with E-state index in [1.54, 1.807) is 18.2 Å². The van der Waals surface area contributed by atoms with Crippen LogP contribution >= 0.6 is 11.8 Å². The molecule has 98 valence electrons. The van der Waals surface area contributed by atoms with Gasteiger partial charge in [-0.25, -0.2) is 4.39 Å². The van der Waals surface area contributed by atoms with Crippen LogP contribution in [0.1, 0.15) is 18.1 Å². The van der Waals surface area contributed by atoms with Crippen LogP contribution in [0.5, 0.6) is 0 Å². The number of amidine groups is 1. The summed E-state index contributed by atoms with van der Waals surface area (Å²) >= 11 is 1.96. The highest BCUT2D eigenvalue weighted by atomic mass is 32.2. The van der Waals surface area contributed by atoms with Crippen molar-refractivity contribution in [3.63, 3.8) is 0 Å². The Morgan fingerprint density at radius 2 is 2.39 bits per heavy atom. The molecule has 0 aliphatic carbocycles. The lowest BCUT2D eigenvalue weighted by atomic mass is 10.1. The third-order valence-electron chi connectivity index (χ3n) is 3.09. The molecule has 0 aromatic heterocycles. The van der Waals surface area contributed by atoms with E-state index in [0.29, 0.717) is 17.4 Å². The lowest BCUT2D eigenvalue weighted by Gasteiger charge is -2.30. The zero-order chi connectivity index (χ0) is 13.1. The highest BCUT2D eigenvalue weighted by molar-refractivity contribution is 7.99. The Kier molecular flexibility index (Phi) is 4.24. The van der Waals surface area contributed by atoms with Gasteiger partial charge in [-0.1, -0.05) is 19.1 Å². The number of rotatable bonds is 3. The average molecular weight is 267 g/mol. The van der Waals surface area contributed by atoms with Crippen molar-refractivity contribution in [2.24, 2.45) is 5.73 Å². The molecule has 1 fully saturated rings. The van der Waals surface area contributed by atoms with Crippen LogP contribution in [0.25, 0.3) is 0 Å². The molecule has 1 unspecified atom stereocenters. The van der Waals surface area contributed by atoms with Crippen LogP contribution in [0, 0.1) is 11.2 Å². The Morgan fingerprint density at radius 3 is 3.06 bits per heavy atom. The normalized spacial score (nSPS) is 20.9. The van der Waals surface area contributed by atoms with Crippen molar-refractivity contribution in [3.05, 3.63) is 35.1 Å². The largest absolute Gasteiger partial charge is 0.384 e. The molecule has 2 rings (SSSR count). The summed E-state index contributed by atoms with van der Waals surface area (Å²) in [7, 11) is 0. The predicted octanol–water partition coefficient (Wildman–Crippen LogP) is 2.05. The van der Waals surface area contributed by atoms with E-state index >= 15 is 0 Å². The van der Waals surface area contributed by atoms with Crippen LogP contribution < -0.4 is 5.73 Å². The lowest BCUT2D eigenvalue weighted by Crippen LogP contribution is -2.36. The van der Waals surface area contributed by atoms with Crippen molar-refractivity contribution in [1.29, 1.82) is 5.41 Å². The minimum Gasteiger partial charge on any atom is -0.384 e. The summed E-state index contributed by atoms with van der Waals surface area (Å²) in [5.74, 6) is 0.530. The van der Waals surface area contributed by atoms with Crippen LogP contribution in [-0.4, -0.2) is 34.8 Å². The molecule has 0 saturated carbocycles. The van der Waals surface area contributed by atoms with Gasteiger partial charge in [0, 0.05) is 36.2 Å². The monoisotopic (exact) mass is 267 g/mol. The highest BCUT2D eigenvalue weighted by Crippen LogP contribution is 2.21. The minimum atomic E-state index is -0.351. The van der Waals surface area contributed by atoms with Crippen molar-refractivity contribution in [2.45, 2.75) is 18.7 Å². The minimum absolute atomic E-state index is 0.201. The Hall–Kier alpha value is -1.07. The van der Waals surface area contributed by atoms with Gasteiger partial charge in [0.15, 0.2) is 0 Å². The van der Waals surface area contributed by atoms with Gasteiger partial charge >= 0.3 is 0 Å². The number of hydrogen-bond donors (Lipinski definition) is 2. The van der Waals surface area contributed by atoms with Gasteiger partial charge in [0.2, 0.25) is 0 Å². The Labute approximate surface area is 111 Å². The number of nitrogens with two attached hydrogens (primary N) is 1. The summed E-state index contributed by atoms with van der Waals surface area (Å²) in [6, 6.07) is 5.08. The summed E-state index contributed by atoms with van der Waals surface area (Å²) in [5, 5.41) is 7.94. The molecule has 1 atom stereocenters. The smallest absolute Gasteiger partial charge is 0.138 e. The standard InChI is InChI=1S/C13H18FN3S/c1-9-7-17(5-6-18-9)8-10-3-2-4-11(12(10)14)13(15)16/h2-4,9H,5-8H2,1H3,(H3,15,16). The molecule has 1 aliphatic rings. The van der Waals surface area contributed by atoms with E-state index in [0.717, 1.165) is 18.8 Å². The summed E-state index contributed by atoms with van der Waals surface area (Å²) < 4.78 is 14.1. The predicted molar refractivity (Wildman–Crippen MR) is 74.6 cm³/mol. The maximum absolute atomic E-state index is 14.1. The first-order valence-corrected chi connectivity index (χ1v) is 7.08. The molecule has 5 heteroatoms. The van der Waals surface area contributed by atoms with Crippen LogP contribution in [0.15, 0.2) is 18.2 Å². The van der Waals surface area contributed by atoms with Gasteiger partial charge in [-0.15, -0.1) is 0 Å². The van der Waals surface area contributed by atoms with Gasteiger partial charge in [-0.3, -0.25) is 10.3 Å². The summed E-state index contributed by atoms with van der Waals surface area (Å²) in [5.41, 5.74) is 6.19. The van der Waals surface area contributed by atoms with Crippen molar-refractivity contribution < 1.29 is 4.39 Å². The maximum Gasteiger partial charge on any atom is 0.138 e.